The van der Waals surface area contributed by atoms with Crippen molar-refractivity contribution >= 4 is 76.2 Å². The molecule has 1 N–H and O–H groups in total. The molecule has 4 aromatic rings. The highest BCUT2D eigenvalue weighted by Gasteiger charge is 2.13. The highest BCUT2D eigenvalue weighted by atomic mass is 79.9. The lowest BCUT2D eigenvalue weighted by Gasteiger charge is -1.98. The maximum Gasteiger partial charge on any atom is 0.277 e. The number of nitrogens with one attached hydrogen (secondary N) is 1. The number of halogens is 2. The van der Waals surface area contributed by atoms with Crippen molar-refractivity contribution < 1.29 is 9.21 Å². The van der Waals surface area contributed by atoms with Gasteiger partial charge >= 0.3 is 0 Å². The van der Waals surface area contributed by atoms with Crippen LogP contribution in [0.15, 0.2) is 61.0 Å². The molecule has 0 aliphatic heterocycles. The van der Waals surface area contributed by atoms with Crippen LogP contribution in [0.3, 0.4) is 0 Å². The highest BCUT2D eigenvalue weighted by molar-refractivity contribution is 9.10. The normalized spacial score (nSPS) is 11.0. The summed E-state index contributed by atoms with van der Waals surface area (Å²) in [4.78, 5) is 16.6. The van der Waals surface area contributed by atoms with E-state index in [0.717, 1.165) is 24.7 Å². The third-order valence-corrected chi connectivity index (χ3v) is 6.20. The van der Waals surface area contributed by atoms with E-state index in [-0.39, 0.29) is 11.7 Å². The van der Waals surface area contributed by atoms with E-state index in [4.69, 9.17) is 4.42 Å². The first kappa shape index (κ1) is 18.6. The Balaban J connectivity index is 1.36. The van der Waals surface area contributed by atoms with Crippen LogP contribution < -0.4 is 5.32 Å². The average molecular weight is 526 g/mol. The number of benzene rings is 2. The number of amides is 1. The summed E-state index contributed by atoms with van der Waals surface area (Å²) in [7, 11) is 0. The molecule has 0 fully saturated rings. The first-order valence-corrected chi connectivity index (χ1v) is 11.0. The van der Waals surface area contributed by atoms with Gasteiger partial charge in [-0.3, -0.25) is 4.79 Å². The van der Waals surface area contributed by atoms with E-state index in [2.05, 4.69) is 52.4 Å². The van der Waals surface area contributed by atoms with E-state index in [0.29, 0.717) is 16.2 Å². The van der Waals surface area contributed by atoms with Crippen LogP contribution in [0, 0.1) is 0 Å². The molecule has 2 aromatic heterocycles. The minimum atomic E-state index is -0.179. The van der Waals surface area contributed by atoms with Gasteiger partial charge in [-0.1, -0.05) is 55.0 Å². The number of carbonyl (C=O) groups excluding carboxylic acids is 1. The molecule has 10 heteroatoms. The van der Waals surface area contributed by atoms with E-state index < -0.39 is 0 Å². The third kappa shape index (κ3) is 4.57. The molecule has 136 valence electrons. The second-order valence-electron chi connectivity index (χ2n) is 5.35. The summed E-state index contributed by atoms with van der Waals surface area (Å²) in [6.07, 6.45) is 0. The van der Waals surface area contributed by atoms with Crippen molar-refractivity contribution in [2.75, 3.05) is 11.1 Å². The molecule has 0 bridgehead atoms. The van der Waals surface area contributed by atoms with Crippen molar-refractivity contribution in [1.82, 2.24) is 15.2 Å². The summed E-state index contributed by atoms with van der Waals surface area (Å²) in [6, 6.07) is 13.4. The summed E-state index contributed by atoms with van der Waals surface area (Å²) in [6.45, 7) is 0. The summed E-state index contributed by atoms with van der Waals surface area (Å²) < 4.78 is 8.55. The summed E-state index contributed by atoms with van der Waals surface area (Å²) in [5.41, 5.74) is 1.67. The standard InChI is InChI=1S/C17H10Br2N4O2S2/c18-10-3-1-9(2-4-10)15-22-23-17(25-15)26-8-14(24)21-16-20-12-6-5-11(19)7-13(12)27-16/h1-7H,8H2,(H,20,21,24). The molecule has 0 spiro atoms. The Bertz CT molecular complexity index is 1110. The third-order valence-electron chi connectivity index (χ3n) is 3.42. The van der Waals surface area contributed by atoms with Gasteiger partial charge < -0.3 is 9.73 Å². The topological polar surface area (TPSA) is 80.9 Å². The molecule has 4 rings (SSSR count). The zero-order chi connectivity index (χ0) is 18.8. The van der Waals surface area contributed by atoms with Crippen molar-refractivity contribution in [3.8, 4) is 11.5 Å². The van der Waals surface area contributed by atoms with Crippen LogP contribution in [0.4, 0.5) is 5.13 Å². The quantitative estimate of drug-likeness (QED) is 0.341. The Morgan fingerprint density at radius 1 is 1.11 bits per heavy atom. The van der Waals surface area contributed by atoms with Crippen LogP contribution in [0.5, 0.6) is 0 Å². The molecule has 0 radical (unpaired) electrons. The average Bonchev–Trinajstić information content (AvgIpc) is 3.26. The summed E-state index contributed by atoms with van der Waals surface area (Å²) >= 11 is 9.42. The smallest absolute Gasteiger partial charge is 0.277 e. The highest BCUT2D eigenvalue weighted by Crippen LogP contribution is 2.29. The number of anilines is 1. The molecular formula is C17H10Br2N4O2S2. The molecule has 2 heterocycles. The fraction of sp³-hybridized carbons (Fsp3) is 0.0588. The van der Waals surface area contributed by atoms with Gasteiger partial charge in [-0.25, -0.2) is 4.98 Å². The molecule has 0 saturated carbocycles. The van der Waals surface area contributed by atoms with Gasteiger partial charge in [0.05, 0.1) is 16.0 Å². The summed E-state index contributed by atoms with van der Waals surface area (Å²) in [5.74, 6) is 0.394. The van der Waals surface area contributed by atoms with E-state index in [1.165, 1.54) is 23.1 Å². The molecule has 0 aliphatic carbocycles. The fourth-order valence-corrected chi connectivity index (χ4v) is 4.47. The van der Waals surface area contributed by atoms with Gasteiger partial charge in [0.15, 0.2) is 5.13 Å². The zero-order valence-corrected chi connectivity index (χ0v) is 18.3. The van der Waals surface area contributed by atoms with Crippen molar-refractivity contribution in [3.63, 3.8) is 0 Å². The molecule has 0 unspecified atom stereocenters. The van der Waals surface area contributed by atoms with E-state index in [9.17, 15) is 4.79 Å². The number of thiazole rings is 1. The number of rotatable bonds is 5. The molecule has 0 atom stereocenters. The number of nitrogens with zero attached hydrogens (tertiary/aromatic N) is 3. The first-order chi connectivity index (χ1) is 13.1. The van der Waals surface area contributed by atoms with E-state index in [1.807, 2.05) is 42.5 Å². The van der Waals surface area contributed by atoms with Crippen LogP contribution in [0.1, 0.15) is 0 Å². The molecular weight excluding hydrogens is 516 g/mol. The van der Waals surface area contributed by atoms with Gasteiger partial charge in [0, 0.05) is 14.5 Å². The fourth-order valence-electron chi connectivity index (χ4n) is 2.21. The Labute approximate surface area is 179 Å². The zero-order valence-electron chi connectivity index (χ0n) is 13.5. The maximum atomic E-state index is 12.2. The second kappa shape index (κ2) is 8.09. The predicted octanol–water partition coefficient (Wildman–Crippen LogP) is 5.60. The van der Waals surface area contributed by atoms with Crippen LogP contribution in [-0.2, 0) is 4.79 Å². The van der Waals surface area contributed by atoms with Crippen molar-refractivity contribution in [2.24, 2.45) is 0 Å². The van der Waals surface area contributed by atoms with Gasteiger partial charge in [0.1, 0.15) is 0 Å². The molecule has 0 aliphatic rings. The molecule has 27 heavy (non-hydrogen) atoms. The number of fused-ring (bicyclic) bond motifs is 1. The van der Waals surface area contributed by atoms with Crippen LogP contribution >= 0.6 is 55.0 Å². The largest absolute Gasteiger partial charge is 0.411 e. The number of hydrogen-bond acceptors (Lipinski definition) is 7. The molecule has 0 saturated heterocycles. The molecule has 6 nitrogen and oxygen atoms in total. The Kier molecular flexibility index (Phi) is 5.58. The Hall–Kier alpha value is -1.75. The number of thioether (sulfide) groups is 1. The van der Waals surface area contributed by atoms with Crippen LogP contribution in [0.25, 0.3) is 21.7 Å². The van der Waals surface area contributed by atoms with E-state index in [1.54, 1.807) is 0 Å². The first-order valence-electron chi connectivity index (χ1n) is 7.65. The lowest BCUT2D eigenvalue weighted by atomic mass is 10.2. The minimum Gasteiger partial charge on any atom is -0.411 e. The SMILES string of the molecule is O=C(CSc1nnc(-c2ccc(Br)cc2)o1)Nc1nc2ccc(Br)cc2s1. The molecule has 1 amide bonds. The van der Waals surface area contributed by atoms with Crippen molar-refractivity contribution in [2.45, 2.75) is 5.22 Å². The Morgan fingerprint density at radius 3 is 2.70 bits per heavy atom. The van der Waals surface area contributed by atoms with Crippen LogP contribution in [0.2, 0.25) is 0 Å². The number of hydrogen-bond donors (Lipinski definition) is 1. The van der Waals surface area contributed by atoms with Gasteiger partial charge in [-0.2, -0.15) is 0 Å². The van der Waals surface area contributed by atoms with Crippen molar-refractivity contribution in [3.05, 3.63) is 51.4 Å². The Morgan fingerprint density at radius 2 is 1.89 bits per heavy atom. The second-order valence-corrected chi connectivity index (χ2v) is 9.14. The van der Waals surface area contributed by atoms with Crippen molar-refractivity contribution in [1.29, 1.82) is 0 Å². The van der Waals surface area contributed by atoms with Gasteiger partial charge in [0.2, 0.25) is 11.8 Å². The van der Waals surface area contributed by atoms with Gasteiger partial charge in [0.25, 0.3) is 5.22 Å². The van der Waals surface area contributed by atoms with Gasteiger partial charge in [-0.15, -0.1) is 10.2 Å². The lowest BCUT2D eigenvalue weighted by Crippen LogP contribution is -2.13. The van der Waals surface area contributed by atoms with E-state index >= 15 is 0 Å². The van der Waals surface area contributed by atoms with Gasteiger partial charge in [-0.05, 0) is 42.5 Å². The molecule has 2 aromatic carbocycles. The minimum absolute atomic E-state index is 0.154. The number of carbonyl (C=O) groups is 1. The van der Waals surface area contributed by atoms with Crippen LogP contribution in [-0.4, -0.2) is 26.8 Å². The summed E-state index contributed by atoms with van der Waals surface area (Å²) in [5, 5.41) is 11.7. The lowest BCUT2D eigenvalue weighted by molar-refractivity contribution is -0.113. The maximum absolute atomic E-state index is 12.2. The monoisotopic (exact) mass is 524 g/mol. The number of aromatic nitrogens is 3. The predicted molar refractivity (Wildman–Crippen MR) is 114 cm³/mol.